The number of hydrogen-bond acceptors (Lipinski definition) is 5. The highest BCUT2D eigenvalue weighted by atomic mass is 19.3. The molecule has 3 N–H and O–H groups in total. The number of fused-ring (bicyclic) bond motifs is 1. The fraction of sp³-hybridized carbons (Fsp3) is 0.364. The molecule has 0 unspecified atom stereocenters. The smallest absolute Gasteiger partial charge is 0.315 e. The van der Waals surface area contributed by atoms with Gasteiger partial charge in [0.1, 0.15) is 17.2 Å². The van der Waals surface area contributed by atoms with Crippen molar-refractivity contribution in [3.8, 4) is 0 Å². The first kappa shape index (κ1) is 22.6. The van der Waals surface area contributed by atoms with Crippen LogP contribution in [-0.4, -0.2) is 32.8 Å². The van der Waals surface area contributed by atoms with Gasteiger partial charge in [-0.1, -0.05) is 6.92 Å². The Morgan fingerprint density at radius 3 is 2.64 bits per heavy atom. The molecule has 4 rings (SSSR count). The lowest BCUT2D eigenvalue weighted by atomic mass is 10.1. The van der Waals surface area contributed by atoms with E-state index in [1.807, 2.05) is 19.3 Å². The molecule has 8 nitrogen and oxygen atoms in total. The summed E-state index contributed by atoms with van der Waals surface area (Å²) in [7, 11) is 1.81. The molecular formula is C22H23F3N6O2. The van der Waals surface area contributed by atoms with Crippen molar-refractivity contribution in [2.45, 2.75) is 39.2 Å². The van der Waals surface area contributed by atoms with Crippen molar-refractivity contribution in [2.75, 3.05) is 10.6 Å². The van der Waals surface area contributed by atoms with Crippen LogP contribution in [0.2, 0.25) is 0 Å². The van der Waals surface area contributed by atoms with Crippen LogP contribution in [0.15, 0.2) is 24.5 Å². The predicted molar refractivity (Wildman–Crippen MR) is 117 cm³/mol. The number of pyridine rings is 1. The van der Waals surface area contributed by atoms with E-state index in [4.69, 9.17) is 0 Å². The summed E-state index contributed by atoms with van der Waals surface area (Å²) in [6.07, 6.45) is 0.652. The van der Waals surface area contributed by atoms with E-state index in [9.17, 15) is 22.8 Å². The molecule has 11 heteroatoms. The van der Waals surface area contributed by atoms with Gasteiger partial charge in [-0.25, -0.2) is 14.4 Å². The van der Waals surface area contributed by atoms with E-state index in [0.29, 0.717) is 34.8 Å². The lowest BCUT2D eigenvalue weighted by Crippen LogP contribution is -2.29. The number of nitrogens with zero attached hydrogens (tertiary/aromatic N) is 3. The summed E-state index contributed by atoms with van der Waals surface area (Å²) >= 11 is 0. The number of amides is 2. The minimum absolute atomic E-state index is 0.0129. The number of carbonyl (C=O) groups excluding carboxylic acids is 2. The van der Waals surface area contributed by atoms with Crippen molar-refractivity contribution in [2.24, 2.45) is 13.0 Å². The summed E-state index contributed by atoms with van der Waals surface area (Å²) in [5.74, 6) is -1.54. The second-order valence-corrected chi connectivity index (χ2v) is 7.94. The van der Waals surface area contributed by atoms with E-state index in [2.05, 4.69) is 20.6 Å². The van der Waals surface area contributed by atoms with Crippen molar-refractivity contribution >= 4 is 40.2 Å². The van der Waals surface area contributed by atoms with Crippen LogP contribution in [0.4, 0.5) is 30.5 Å². The molecule has 174 valence electrons. The monoisotopic (exact) mass is 460 g/mol. The molecule has 0 radical (unpaired) electrons. The standard InChI is InChI=1S/C22H23F3N6O2/c1-3-11-6-13(9-26-22(33)19(24)25)14(23)7-15(11)28-17-8-16-18(27-10-31(16)2)20(29-17)30-21(32)12-4-5-12/h6-8,10,12,19H,3-5,9H2,1-2H3,(H,26,33)(H2,28,29,30,32). The lowest BCUT2D eigenvalue weighted by Gasteiger charge is -2.15. The van der Waals surface area contributed by atoms with Crippen LogP contribution in [0.3, 0.4) is 0 Å². The Balaban J connectivity index is 1.63. The minimum Gasteiger partial charge on any atom is -0.347 e. The number of alkyl halides is 2. The Bertz CT molecular complexity index is 1220. The zero-order valence-electron chi connectivity index (χ0n) is 18.1. The van der Waals surface area contributed by atoms with Crippen molar-refractivity contribution in [1.82, 2.24) is 19.9 Å². The molecule has 1 aromatic carbocycles. The van der Waals surface area contributed by atoms with Crippen molar-refractivity contribution in [3.63, 3.8) is 0 Å². The molecule has 2 aromatic heterocycles. The van der Waals surface area contributed by atoms with Crippen LogP contribution < -0.4 is 16.0 Å². The highest BCUT2D eigenvalue weighted by molar-refractivity contribution is 6.00. The highest BCUT2D eigenvalue weighted by Crippen LogP contribution is 2.32. The maximum atomic E-state index is 14.7. The van der Waals surface area contributed by atoms with E-state index >= 15 is 0 Å². The van der Waals surface area contributed by atoms with Crippen molar-refractivity contribution in [1.29, 1.82) is 0 Å². The topological polar surface area (TPSA) is 101 Å². The van der Waals surface area contributed by atoms with Gasteiger partial charge in [0.05, 0.1) is 11.8 Å². The SMILES string of the molecule is CCc1cc(CNC(=O)C(F)F)c(F)cc1Nc1cc2c(ncn2C)c(NC(=O)C2CC2)n1. The third kappa shape index (κ3) is 4.91. The van der Waals surface area contributed by atoms with Crippen molar-refractivity contribution < 1.29 is 22.8 Å². The van der Waals surface area contributed by atoms with Gasteiger partial charge in [0.15, 0.2) is 5.82 Å². The molecule has 3 aromatic rings. The zero-order valence-corrected chi connectivity index (χ0v) is 18.1. The summed E-state index contributed by atoms with van der Waals surface area (Å²) in [5.41, 5.74) is 2.51. The molecule has 0 spiro atoms. The number of imidazole rings is 1. The van der Waals surface area contributed by atoms with Gasteiger partial charge in [-0.15, -0.1) is 0 Å². The second kappa shape index (κ2) is 9.08. The Hall–Kier alpha value is -3.63. The van der Waals surface area contributed by atoms with Gasteiger partial charge < -0.3 is 20.5 Å². The summed E-state index contributed by atoms with van der Waals surface area (Å²) in [6.45, 7) is 1.51. The first-order valence-corrected chi connectivity index (χ1v) is 10.5. The number of aromatic nitrogens is 3. The molecule has 0 bridgehead atoms. The number of rotatable bonds is 8. The average Bonchev–Trinajstić information content (AvgIpc) is 3.57. The Morgan fingerprint density at radius 1 is 1.21 bits per heavy atom. The van der Waals surface area contributed by atoms with Crippen LogP contribution >= 0.6 is 0 Å². The number of halogens is 3. The minimum atomic E-state index is -3.16. The zero-order chi connectivity index (χ0) is 23.7. The van der Waals surface area contributed by atoms with E-state index in [-0.39, 0.29) is 23.9 Å². The number of benzene rings is 1. The predicted octanol–water partition coefficient (Wildman–Crippen LogP) is 3.64. The Kier molecular flexibility index (Phi) is 6.21. The quantitative estimate of drug-likeness (QED) is 0.477. The van der Waals surface area contributed by atoms with Crippen molar-refractivity contribution in [3.05, 3.63) is 41.5 Å². The number of aryl methyl sites for hydroxylation is 2. The average molecular weight is 460 g/mol. The molecule has 0 atom stereocenters. The van der Waals surface area contributed by atoms with Gasteiger partial charge in [0.25, 0.3) is 5.91 Å². The molecule has 1 aliphatic rings. The maximum Gasteiger partial charge on any atom is 0.315 e. The third-order valence-electron chi connectivity index (χ3n) is 5.47. The van der Waals surface area contributed by atoms with E-state index in [1.165, 1.54) is 12.1 Å². The van der Waals surface area contributed by atoms with Gasteiger partial charge in [-0.2, -0.15) is 8.78 Å². The Morgan fingerprint density at radius 2 is 1.97 bits per heavy atom. The normalized spacial score (nSPS) is 13.4. The maximum absolute atomic E-state index is 14.7. The molecular weight excluding hydrogens is 437 g/mol. The fourth-order valence-corrected chi connectivity index (χ4v) is 3.45. The van der Waals surface area contributed by atoms with E-state index < -0.39 is 18.1 Å². The number of anilines is 3. The number of carbonyl (C=O) groups is 2. The van der Waals surface area contributed by atoms with Gasteiger partial charge in [-0.3, -0.25) is 9.59 Å². The van der Waals surface area contributed by atoms with Gasteiger partial charge in [-0.05, 0) is 37.0 Å². The third-order valence-corrected chi connectivity index (χ3v) is 5.47. The van der Waals surface area contributed by atoms with Crippen LogP contribution in [0.25, 0.3) is 11.0 Å². The molecule has 1 fully saturated rings. The van der Waals surface area contributed by atoms with Crippen LogP contribution in [-0.2, 0) is 29.6 Å². The van der Waals surface area contributed by atoms with Crippen LogP contribution in [0.1, 0.15) is 30.9 Å². The summed E-state index contributed by atoms with van der Waals surface area (Å²) in [5, 5.41) is 7.93. The molecule has 1 aliphatic carbocycles. The van der Waals surface area contributed by atoms with E-state index in [1.54, 1.807) is 17.0 Å². The van der Waals surface area contributed by atoms with Gasteiger partial charge in [0, 0.05) is 36.8 Å². The first-order chi connectivity index (χ1) is 15.8. The second-order valence-electron chi connectivity index (χ2n) is 7.94. The van der Waals surface area contributed by atoms with Gasteiger partial charge >= 0.3 is 6.43 Å². The summed E-state index contributed by atoms with van der Waals surface area (Å²) in [6, 6.07) is 4.49. The summed E-state index contributed by atoms with van der Waals surface area (Å²) in [4.78, 5) is 32.2. The molecule has 33 heavy (non-hydrogen) atoms. The highest BCUT2D eigenvalue weighted by Gasteiger charge is 2.30. The number of hydrogen-bond donors (Lipinski definition) is 3. The first-order valence-electron chi connectivity index (χ1n) is 10.5. The van der Waals surface area contributed by atoms with Crippen LogP contribution in [0.5, 0.6) is 0 Å². The molecule has 2 heterocycles. The number of nitrogens with one attached hydrogen (secondary N) is 3. The van der Waals surface area contributed by atoms with E-state index in [0.717, 1.165) is 18.4 Å². The lowest BCUT2D eigenvalue weighted by molar-refractivity contribution is -0.131. The van der Waals surface area contributed by atoms with Gasteiger partial charge in [0.2, 0.25) is 5.91 Å². The largest absolute Gasteiger partial charge is 0.347 e. The molecule has 0 aliphatic heterocycles. The van der Waals surface area contributed by atoms with Crippen LogP contribution in [0, 0.1) is 11.7 Å². The molecule has 1 saturated carbocycles. The molecule has 2 amide bonds. The summed E-state index contributed by atoms with van der Waals surface area (Å²) < 4.78 is 41.3. The fourth-order valence-electron chi connectivity index (χ4n) is 3.45. The molecule has 0 saturated heterocycles. The Labute approximate surface area is 187 Å².